The molecule has 1 aromatic heterocycles. The molecule has 134 valence electrons. The van der Waals surface area contributed by atoms with Gasteiger partial charge in [-0.05, 0) is 65.9 Å². The number of ether oxygens (including phenoxy) is 1. The molecule has 3 aromatic rings. The second-order valence-corrected chi connectivity index (χ2v) is 6.25. The number of hydrogen-bond donors (Lipinski definition) is 1. The zero-order chi connectivity index (χ0) is 19.3. The van der Waals surface area contributed by atoms with Crippen molar-refractivity contribution in [1.29, 1.82) is 10.5 Å². The van der Waals surface area contributed by atoms with Gasteiger partial charge < -0.3 is 10.1 Å². The maximum Gasteiger partial charge on any atom is 0.230 e. The smallest absolute Gasteiger partial charge is 0.230 e. The van der Waals surface area contributed by atoms with E-state index in [1.807, 2.05) is 18.2 Å². The summed E-state index contributed by atoms with van der Waals surface area (Å²) < 4.78 is 5.90. The maximum atomic E-state index is 8.87. The van der Waals surface area contributed by atoms with E-state index in [1.165, 1.54) is 5.56 Å². The Morgan fingerprint density at radius 1 is 1.04 bits per heavy atom. The lowest BCUT2D eigenvalue weighted by Gasteiger charge is -2.09. The first-order valence-corrected chi connectivity index (χ1v) is 8.75. The Labute approximate surface area is 162 Å². The second kappa shape index (κ2) is 7.61. The molecule has 6 nitrogen and oxygen atoms in total. The molecule has 28 heavy (non-hydrogen) atoms. The summed E-state index contributed by atoms with van der Waals surface area (Å²) >= 11 is 0. The largest absolute Gasteiger partial charge is 0.439 e. The molecule has 1 aliphatic carbocycles. The summed E-state index contributed by atoms with van der Waals surface area (Å²) in [5.41, 5.74) is 4.72. The Morgan fingerprint density at radius 3 is 2.68 bits per heavy atom. The molecule has 1 aliphatic rings. The second-order valence-electron chi connectivity index (χ2n) is 6.25. The summed E-state index contributed by atoms with van der Waals surface area (Å²) in [5.74, 6) is 1.53. The third-order valence-electron chi connectivity index (χ3n) is 4.45. The standard InChI is InChI=1S/C22H15N5O/c23-11-9-16-3-4-17-13-19(7-8-20(16)17)28-21-10-12-25-22(27-21)26-18-5-1-15(14-24)2-6-18/h1-2,5-10,12-13H,3-4H2,(H,25,26,27)/b16-9-. The van der Waals surface area contributed by atoms with E-state index < -0.39 is 0 Å². The number of allylic oxidation sites excluding steroid dienone is 2. The Kier molecular flexibility index (Phi) is 4.69. The van der Waals surface area contributed by atoms with Gasteiger partial charge in [-0.15, -0.1) is 0 Å². The van der Waals surface area contributed by atoms with E-state index in [0.29, 0.717) is 23.1 Å². The Hall–Kier alpha value is -4.16. The number of hydrogen-bond acceptors (Lipinski definition) is 6. The van der Waals surface area contributed by atoms with Crippen LogP contribution < -0.4 is 10.1 Å². The molecule has 0 aliphatic heterocycles. The van der Waals surface area contributed by atoms with Crippen LogP contribution in [0, 0.1) is 22.7 Å². The van der Waals surface area contributed by atoms with Crippen molar-refractivity contribution in [2.75, 3.05) is 5.32 Å². The van der Waals surface area contributed by atoms with E-state index >= 15 is 0 Å². The Bertz CT molecular complexity index is 1140. The summed E-state index contributed by atoms with van der Waals surface area (Å²) in [6.45, 7) is 0. The van der Waals surface area contributed by atoms with Gasteiger partial charge in [-0.25, -0.2) is 4.98 Å². The van der Waals surface area contributed by atoms with Gasteiger partial charge in [0.05, 0.1) is 17.7 Å². The third-order valence-corrected chi connectivity index (χ3v) is 4.45. The van der Waals surface area contributed by atoms with Gasteiger partial charge in [0.25, 0.3) is 0 Å². The van der Waals surface area contributed by atoms with Gasteiger partial charge in [0, 0.05) is 24.0 Å². The van der Waals surface area contributed by atoms with Crippen LogP contribution in [-0.4, -0.2) is 9.97 Å². The summed E-state index contributed by atoms with van der Waals surface area (Å²) in [7, 11) is 0. The van der Waals surface area contributed by atoms with Crippen molar-refractivity contribution in [1.82, 2.24) is 9.97 Å². The number of nitriles is 2. The lowest BCUT2D eigenvalue weighted by atomic mass is 10.1. The van der Waals surface area contributed by atoms with Crippen molar-refractivity contribution < 1.29 is 4.74 Å². The van der Waals surface area contributed by atoms with Crippen LogP contribution in [0.2, 0.25) is 0 Å². The van der Waals surface area contributed by atoms with Crippen molar-refractivity contribution in [3.63, 3.8) is 0 Å². The van der Waals surface area contributed by atoms with Crippen LogP contribution in [0.5, 0.6) is 11.6 Å². The highest BCUT2D eigenvalue weighted by atomic mass is 16.5. The minimum absolute atomic E-state index is 0.405. The summed E-state index contributed by atoms with van der Waals surface area (Å²) in [5, 5.41) is 20.8. The molecule has 0 bridgehead atoms. The maximum absolute atomic E-state index is 8.87. The molecule has 1 heterocycles. The van der Waals surface area contributed by atoms with Gasteiger partial charge in [-0.1, -0.05) is 6.07 Å². The molecule has 0 fully saturated rings. The van der Waals surface area contributed by atoms with E-state index in [2.05, 4.69) is 27.4 Å². The molecule has 4 rings (SSSR count). The molecule has 1 N–H and O–H groups in total. The number of aromatic nitrogens is 2. The van der Waals surface area contributed by atoms with Gasteiger partial charge in [-0.3, -0.25) is 0 Å². The Morgan fingerprint density at radius 2 is 1.89 bits per heavy atom. The normalized spacial score (nSPS) is 13.4. The third kappa shape index (κ3) is 3.67. The molecule has 0 saturated carbocycles. The zero-order valence-electron chi connectivity index (χ0n) is 14.9. The monoisotopic (exact) mass is 365 g/mol. The van der Waals surface area contributed by atoms with Gasteiger partial charge in [-0.2, -0.15) is 15.5 Å². The highest BCUT2D eigenvalue weighted by molar-refractivity contribution is 5.74. The van der Waals surface area contributed by atoms with E-state index in [1.54, 1.807) is 42.6 Å². The summed E-state index contributed by atoms with van der Waals surface area (Å²) in [6, 6.07) is 18.8. The molecular weight excluding hydrogens is 350 g/mol. The highest BCUT2D eigenvalue weighted by Gasteiger charge is 2.17. The number of nitrogens with one attached hydrogen (secondary N) is 1. The fourth-order valence-corrected chi connectivity index (χ4v) is 3.12. The fourth-order valence-electron chi connectivity index (χ4n) is 3.12. The average molecular weight is 365 g/mol. The molecule has 0 amide bonds. The molecule has 2 aromatic carbocycles. The molecule has 0 spiro atoms. The minimum Gasteiger partial charge on any atom is -0.439 e. The fraction of sp³-hybridized carbons (Fsp3) is 0.0909. The molecule has 0 atom stereocenters. The number of anilines is 2. The van der Waals surface area contributed by atoms with E-state index in [9.17, 15) is 0 Å². The predicted octanol–water partition coefficient (Wildman–Crippen LogP) is 4.74. The van der Waals surface area contributed by atoms with Crippen molar-refractivity contribution in [2.24, 2.45) is 0 Å². The summed E-state index contributed by atoms with van der Waals surface area (Å²) in [4.78, 5) is 8.58. The lowest BCUT2D eigenvalue weighted by Crippen LogP contribution is -1.98. The number of fused-ring (bicyclic) bond motifs is 1. The van der Waals surface area contributed by atoms with Crippen LogP contribution in [0.4, 0.5) is 11.6 Å². The van der Waals surface area contributed by atoms with E-state index in [0.717, 1.165) is 29.7 Å². The molecule has 0 radical (unpaired) electrons. The van der Waals surface area contributed by atoms with Crippen LogP contribution in [0.1, 0.15) is 23.1 Å². The number of aryl methyl sites for hydroxylation is 1. The topological polar surface area (TPSA) is 94.6 Å². The molecule has 0 saturated heterocycles. The van der Waals surface area contributed by atoms with Crippen LogP contribution in [-0.2, 0) is 6.42 Å². The van der Waals surface area contributed by atoms with E-state index in [4.69, 9.17) is 15.3 Å². The number of benzene rings is 2. The van der Waals surface area contributed by atoms with Gasteiger partial charge >= 0.3 is 0 Å². The zero-order valence-corrected chi connectivity index (χ0v) is 14.9. The molecule has 0 unspecified atom stereocenters. The van der Waals surface area contributed by atoms with Gasteiger partial charge in [0.1, 0.15) is 5.75 Å². The van der Waals surface area contributed by atoms with Crippen LogP contribution in [0.3, 0.4) is 0 Å². The van der Waals surface area contributed by atoms with Crippen molar-refractivity contribution in [3.8, 4) is 23.8 Å². The number of rotatable bonds is 4. The first-order chi connectivity index (χ1) is 13.7. The van der Waals surface area contributed by atoms with Crippen molar-refractivity contribution in [2.45, 2.75) is 12.8 Å². The van der Waals surface area contributed by atoms with Gasteiger partial charge in [0.15, 0.2) is 0 Å². The van der Waals surface area contributed by atoms with Crippen molar-refractivity contribution >= 4 is 17.2 Å². The van der Waals surface area contributed by atoms with Crippen LogP contribution in [0.25, 0.3) is 5.57 Å². The quantitative estimate of drug-likeness (QED) is 0.671. The first-order valence-electron chi connectivity index (χ1n) is 8.75. The van der Waals surface area contributed by atoms with E-state index in [-0.39, 0.29) is 0 Å². The highest BCUT2D eigenvalue weighted by Crippen LogP contribution is 2.35. The lowest BCUT2D eigenvalue weighted by molar-refractivity contribution is 0.462. The first kappa shape index (κ1) is 17.3. The van der Waals surface area contributed by atoms with Crippen LogP contribution >= 0.6 is 0 Å². The minimum atomic E-state index is 0.405. The Balaban J connectivity index is 1.50. The summed E-state index contributed by atoms with van der Waals surface area (Å²) in [6.07, 6.45) is 5.00. The van der Waals surface area contributed by atoms with Crippen LogP contribution in [0.15, 0.2) is 60.8 Å². The number of nitrogens with zero attached hydrogens (tertiary/aromatic N) is 4. The van der Waals surface area contributed by atoms with Gasteiger partial charge in [0.2, 0.25) is 11.8 Å². The predicted molar refractivity (Wildman–Crippen MR) is 105 cm³/mol. The average Bonchev–Trinajstić information content (AvgIpc) is 3.11. The molecule has 6 heteroatoms. The van der Waals surface area contributed by atoms with Crippen molar-refractivity contribution in [3.05, 3.63) is 77.5 Å². The molecular formula is C22H15N5O. The SMILES string of the molecule is N#C/C=C1/CCc2cc(Oc3ccnc(Nc4ccc(C#N)cc4)n3)ccc21.